The number of hydrogen-bond acceptors (Lipinski definition) is 4. The molecule has 0 spiro atoms. The summed E-state index contributed by atoms with van der Waals surface area (Å²) >= 11 is 10.9. The number of carboxylic acid groups (broad SMARTS) is 1. The van der Waals surface area contributed by atoms with Crippen LogP contribution in [0.15, 0.2) is 17.0 Å². The number of carbonyl (C=O) groups is 1. The zero-order valence-electron chi connectivity index (χ0n) is 13.5. The fourth-order valence-corrected chi connectivity index (χ4v) is 3.42. The minimum absolute atomic E-state index is 0.202. The van der Waals surface area contributed by atoms with Gasteiger partial charge in [0.05, 0.1) is 22.2 Å². The fourth-order valence-electron chi connectivity index (χ4n) is 2.08. The van der Waals surface area contributed by atoms with Crippen molar-refractivity contribution in [1.29, 1.82) is 0 Å². The molecule has 28 heavy (non-hydrogen) atoms. The standard InChI is InChI=1S/C14H8Cl2F6N2O3S/c1-2-27-11-10(28-14(20,21)22)8(12(25)26)23-24(11)9-6(15)3-5(4-7(9)16)13(17,18)19/h3-4H,2H2,1H3,(H,25,26). The Morgan fingerprint density at radius 1 is 1.21 bits per heavy atom. The molecule has 0 bridgehead atoms. The predicted octanol–water partition coefficient (Wildman–Crippen LogP) is 5.91. The van der Waals surface area contributed by atoms with Gasteiger partial charge < -0.3 is 9.84 Å². The number of halogens is 8. The van der Waals surface area contributed by atoms with Crippen LogP contribution in [0.25, 0.3) is 5.69 Å². The van der Waals surface area contributed by atoms with Gasteiger partial charge in [-0.2, -0.15) is 36.1 Å². The lowest BCUT2D eigenvalue weighted by atomic mass is 10.2. The molecule has 0 aliphatic rings. The fraction of sp³-hybridized carbons (Fsp3) is 0.286. The average molecular weight is 469 g/mol. The van der Waals surface area contributed by atoms with Gasteiger partial charge in [-0.3, -0.25) is 0 Å². The molecule has 0 amide bonds. The normalized spacial score (nSPS) is 12.3. The first-order chi connectivity index (χ1) is 12.8. The smallest absolute Gasteiger partial charge is 0.446 e. The van der Waals surface area contributed by atoms with Crippen molar-refractivity contribution in [2.75, 3.05) is 6.61 Å². The second-order valence-corrected chi connectivity index (χ2v) is 6.86. The number of aromatic nitrogens is 2. The van der Waals surface area contributed by atoms with E-state index < -0.39 is 67.2 Å². The molecule has 0 unspecified atom stereocenters. The topological polar surface area (TPSA) is 64.3 Å². The highest BCUT2D eigenvalue weighted by Crippen LogP contribution is 2.46. The molecule has 5 nitrogen and oxygen atoms in total. The van der Waals surface area contributed by atoms with Crippen molar-refractivity contribution in [3.8, 4) is 11.6 Å². The van der Waals surface area contributed by atoms with Crippen LogP contribution in [0.5, 0.6) is 5.88 Å². The van der Waals surface area contributed by atoms with Gasteiger partial charge in [0.25, 0.3) is 0 Å². The van der Waals surface area contributed by atoms with Crippen molar-refractivity contribution in [2.24, 2.45) is 0 Å². The van der Waals surface area contributed by atoms with Gasteiger partial charge in [0.15, 0.2) is 5.69 Å². The Morgan fingerprint density at radius 3 is 2.14 bits per heavy atom. The Hall–Kier alpha value is -1.79. The van der Waals surface area contributed by atoms with Gasteiger partial charge >= 0.3 is 17.7 Å². The SMILES string of the molecule is CCOc1c(SC(F)(F)F)c(C(=O)O)nn1-c1c(Cl)cc(C(F)(F)F)cc1Cl. The van der Waals surface area contributed by atoms with E-state index >= 15 is 0 Å². The number of aromatic carboxylic acids is 1. The third-order valence-electron chi connectivity index (χ3n) is 3.06. The van der Waals surface area contributed by atoms with Crippen LogP contribution in [0, 0.1) is 0 Å². The molecule has 0 saturated carbocycles. The zero-order valence-corrected chi connectivity index (χ0v) is 15.8. The summed E-state index contributed by atoms with van der Waals surface area (Å²) < 4.78 is 82.8. The number of benzene rings is 1. The summed E-state index contributed by atoms with van der Waals surface area (Å²) in [5.74, 6) is -2.49. The lowest BCUT2D eigenvalue weighted by molar-refractivity contribution is -0.137. The molecule has 1 aromatic carbocycles. The van der Waals surface area contributed by atoms with Gasteiger partial charge in [0, 0.05) is 0 Å². The highest BCUT2D eigenvalue weighted by molar-refractivity contribution is 8.00. The molecule has 154 valence electrons. The summed E-state index contributed by atoms with van der Waals surface area (Å²) in [6.07, 6.45) is -4.79. The molecule has 1 N–H and O–H groups in total. The van der Waals surface area contributed by atoms with Gasteiger partial charge in [-0.15, -0.1) is 0 Å². The van der Waals surface area contributed by atoms with E-state index in [4.69, 9.17) is 27.9 Å². The molecular weight excluding hydrogens is 461 g/mol. The summed E-state index contributed by atoms with van der Waals surface area (Å²) in [6.45, 7) is 1.20. The van der Waals surface area contributed by atoms with Crippen LogP contribution in [0.2, 0.25) is 10.0 Å². The van der Waals surface area contributed by atoms with Crippen molar-refractivity contribution in [2.45, 2.75) is 23.5 Å². The summed E-state index contributed by atoms with van der Waals surface area (Å²) in [6, 6.07) is 0.967. The van der Waals surface area contributed by atoms with Crippen LogP contribution in [0.1, 0.15) is 23.0 Å². The van der Waals surface area contributed by atoms with Crippen molar-refractivity contribution in [3.05, 3.63) is 33.4 Å². The van der Waals surface area contributed by atoms with E-state index in [-0.39, 0.29) is 6.61 Å². The van der Waals surface area contributed by atoms with Crippen LogP contribution in [0.3, 0.4) is 0 Å². The quantitative estimate of drug-likeness (QED) is 0.436. The highest BCUT2D eigenvalue weighted by atomic mass is 35.5. The number of ether oxygens (including phenoxy) is 1. The van der Waals surface area contributed by atoms with Crippen LogP contribution >= 0.6 is 35.0 Å². The molecule has 2 rings (SSSR count). The Morgan fingerprint density at radius 2 is 1.75 bits per heavy atom. The number of rotatable bonds is 5. The Balaban J connectivity index is 2.79. The largest absolute Gasteiger partial charge is 0.477 e. The molecule has 0 atom stereocenters. The predicted molar refractivity (Wildman–Crippen MR) is 88.6 cm³/mol. The van der Waals surface area contributed by atoms with Gasteiger partial charge in [-0.1, -0.05) is 23.2 Å². The van der Waals surface area contributed by atoms with Crippen LogP contribution in [-0.2, 0) is 6.18 Å². The first-order valence-corrected chi connectivity index (χ1v) is 8.65. The molecule has 0 saturated heterocycles. The van der Waals surface area contributed by atoms with Crippen LogP contribution in [-0.4, -0.2) is 33.0 Å². The summed E-state index contributed by atoms with van der Waals surface area (Å²) in [5, 5.41) is 11.5. The second-order valence-electron chi connectivity index (χ2n) is 4.97. The average Bonchev–Trinajstić information content (AvgIpc) is 2.83. The zero-order chi connectivity index (χ0) is 21.4. The van der Waals surface area contributed by atoms with Crippen LogP contribution < -0.4 is 4.74 Å². The molecule has 0 aliphatic heterocycles. The molecule has 14 heteroatoms. The van der Waals surface area contributed by atoms with Crippen molar-refractivity contribution in [1.82, 2.24) is 9.78 Å². The molecule has 2 aromatic rings. The minimum atomic E-state index is -4.89. The Bertz CT molecular complexity index is 891. The third kappa shape index (κ3) is 4.78. The first kappa shape index (κ1) is 22.5. The maximum absolute atomic E-state index is 12.9. The van der Waals surface area contributed by atoms with Crippen molar-refractivity contribution in [3.63, 3.8) is 0 Å². The third-order valence-corrected chi connectivity index (χ3v) is 4.44. The van der Waals surface area contributed by atoms with Gasteiger partial charge in [0.2, 0.25) is 5.88 Å². The number of nitrogens with zero attached hydrogens (tertiary/aromatic N) is 2. The summed E-state index contributed by atoms with van der Waals surface area (Å²) in [4.78, 5) is 10.4. The van der Waals surface area contributed by atoms with E-state index in [0.717, 1.165) is 0 Å². The van der Waals surface area contributed by atoms with Crippen molar-refractivity contribution < 1.29 is 41.0 Å². The molecule has 1 aromatic heterocycles. The minimum Gasteiger partial charge on any atom is -0.477 e. The highest BCUT2D eigenvalue weighted by Gasteiger charge is 2.38. The van der Waals surface area contributed by atoms with Gasteiger partial charge in [-0.25, -0.2) is 4.79 Å². The number of carboxylic acids is 1. The maximum atomic E-state index is 12.9. The number of hydrogen-bond donors (Lipinski definition) is 1. The Labute approximate surface area is 167 Å². The van der Waals surface area contributed by atoms with E-state index in [9.17, 15) is 36.2 Å². The summed E-state index contributed by atoms with van der Waals surface area (Å²) in [7, 11) is 0. The lowest BCUT2D eigenvalue weighted by Gasteiger charge is -2.15. The van der Waals surface area contributed by atoms with Gasteiger partial charge in [0.1, 0.15) is 10.6 Å². The van der Waals surface area contributed by atoms with E-state index in [1.165, 1.54) is 6.92 Å². The van der Waals surface area contributed by atoms with Gasteiger partial charge in [-0.05, 0) is 30.8 Å². The van der Waals surface area contributed by atoms with E-state index in [2.05, 4.69) is 5.10 Å². The van der Waals surface area contributed by atoms with Crippen LogP contribution in [0.4, 0.5) is 26.3 Å². The first-order valence-electron chi connectivity index (χ1n) is 7.07. The second kappa shape index (κ2) is 7.91. The van der Waals surface area contributed by atoms with Crippen molar-refractivity contribution >= 4 is 40.9 Å². The Kier molecular flexibility index (Phi) is 6.36. The summed E-state index contributed by atoms with van der Waals surface area (Å²) in [5.41, 5.74) is -7.59. The molecule has 0 aliphatic carbocycles. The maximum Gasteiger partial charge on any atom is 0.446 e. The molecule has 0 fully saturated rings. The van der Waals surface area contributed by atoms with E-state index in [1.807, 2.05) is 0 Å². The molecular formula is C14H8Cl2F6N2O3S. The van der Waals surface area contributed by atoms with E-state index in [0.29, 0.717) is 16.8 Å². The number of alkyl halides is 6. The number of thioether (sulfide) groups is 1. The monoisotopic (exact) mass is 468 g/mol. The molecule has 1 heterocycles. The van der Waals surface area contributed by atoms with E-state index in [1.54, 1.807) is 0 Å². The lowest BCUT2D eigenvalue weighted by Crippen LogP contribution is -2.09. The molecule has 0 radical (unpaired) electrons.